The molecule has 2 amide bonds. The second kappa shape index (κ2) is 6.18. The molecule has 2 N–H and O–H groups in total. The van der Waals surface area contributed by atoms with Crippen LogP contribution in [0.15, 0.2) is 24.5 Å². The average Bonchev–Trinajstić information content (AvgIpc) is 2.97. The number of pyridine rings is 1. The maximum atomic E-state index is 12.6. The van der Waals surface area contributed by atoms with Gasteiger partial charge in [-0.15, -0.1) is 11.3 Å². The van der Waals surface area contributed by atoms with Gasteiger partial charge in [-0.25, -0.2) is 0 Å². The smallest absolute Gasteiger partial charge is 0.245 e. The number of thiophene rings is 1. The van der Waals surface area contributed by atoms with E-state index in [4.69, 9.17) is 11.0 Å². The fraction of sp³-hybridized carbons (Fsp3) is 0.250. The molecule has 0 bridgehead atoms. The molecule has 7 heteroatoms. The number of aromatic nitrogens is 1. The summed E-state index contributed by atoms with van der Waals surface area (Å²) >= 11 is 1.19. The van der Waals surface area contributed by atoms with Gasteiger partial charge in [0.05, 0.1) is 17.4 Å². The number of amides is 2. The normalized spacial score (nSPS) is 16.5. The highest BCUT2D eigenvalue weighted by Crippen LogP contribution is 2.36. The molecule has 2 aromatic rings. The van der Waals surface area contributed by atoms with Crippen LogP contribution in [0, 0.1) is 16.7 Å². The number of carbonyl (C=O) groups excluding carboxylic acids is 2. The molecule has 1 atom stereocenters. The van der Waals surface area contributed by atoms with Crippen molar-refractivity contribution in [1.82, 2.24) is 9.88 Å². The highest BCUT2D eigenvalue weighted by Gasteiger charge is 2.37. The molecule has 115 valence electrons. The first-order valence-electron chi connectivity index (χ1n) is 7.03. The molecule has 1 unspecified atom stereocenters. The molecule has 0 spiro atoms. The number of nitrogens with two attached hydrogens (primary N) is 1. The van der Waals surface area contributed by atoms with E-state index in [2.05, 4.69) is 16.4 Å². The predicted octanol–water partition coefficient (Wildman–Crippen LogP) is 0.969. The summed E-state index contributed by atoms with van der Waals surface area (Å²) in [6.45, 7) is 0.360. The van der Waals surface area contributed by atoms with Crippen molar-refractivity contribution in [2.45, 2.75) is 18.9 Å². The van der Waals surface area contributed by atoms with E-state index in [1.807, 2.05) is 6.07 Å². The van der Waals surface area contributed by atoms with Crippen LogP contribution in [0.5, 0.6) is 0 Å². The molecular weight excluding hydrogens is 312 g/mol. The maximum Gasteiger partial charge on any atom is 0.245 e. The fourth-order valence-corrected chi connectivity index (χ4v) is 3.81. The summed E-state index contributed by atoms with van der Waals surface area (Å²) in [5, 5.41) is 12.0. The minimum atomic E-state index is -0.828. The molecule has 1 aliphatic rings. The summed E-state index contributed by atoms with van der Waals surface area (Å²) in [5.74, 6) is -0.774. The fourth-order valence-electron chi connectivity index (χ4n) is 2.75. The van der Waals surface area contributed by atoms with Crippen molar-refractivity contribution >= 4 is 23.2 Å². The number of hydrogen-bond donors (Lipinski definition) is 1. The van der Waals surface area contributed by atoms with Gasteiger partial charge < -0.3 is 10.6 Å². The molecule has 0 aromatic carbocycles. The van der Waals surface area contributed by atoms with Gasteiger partial charge in [0, 0.05) is 23.8 Å². The van der Waals surface area contributed by atoms with Crippen molar-refractivity contribution < 1.29 is 9.59 Å². The van der Waals surface area contributed by atoms with Gasteiger partial charge in [-0.05, 0) is 23.6 Å². The molecule has 1 radical (unpaired) electrons. The number of nitrogens with zero attached hydrogens (tertiary/aromatic N) is 3. The van der Waals surface area contributed by atoms with E-state index in [1.54, 1.807) is 18.5 Å². The Morgan fingerprint density at radius 2 is 2.39 bits per heavy atom. The van der Waals surface area contributed by atoms with E-state index in [1.165, 1.54) is 16.2 Å². The Kier molecular flexibility index (Phi) is 4.08. The first-order valence-corrected chi connectivity index (χ1v) is 7.84. The number of fused-ring (bicyclic) bond motifs is 1. The van der Waals surface area contributed by atoms with Crippen LogP contribution in [0.1, 0.15) is 27.6 Å². The number of primary amides is 1. The zero-order chi connectivity index (χ0) is 16.4. The number of hydrogen-bond acceptors (Lipinski definition) is 5. The van der Waals surface area contributed by atoms with Crippen LogP contribution in [0.4, 0.5) is 0 Å². The molecule has 23 heavy (non-hydrogen) atoms. The zero-order valence-corrected chi connectivity index (χ0v) is 13.0. The average molecular weight is 325 g/mol. The van der Waals surface area contributed by atoms with Crippen molar-refractivity contribution in [3.63, 3.8) is 0 Å². The second-order valence-electron chi connectivity index (χ2n) is 5.21. The lowest BCUT2D eigenvalue weighted by atomic mass is 9.97. The van der Waals surface area contributed by atoms with Gasteiger partial charge in [-0.1, -0.05) is 6.07 Å². The van der Waals surface area contributed by atoms with Crippen LogP contribution >= 0.6 is 11.3 Å². The molecule has 6 nitrogen and oxygen atoms in total. The minimum Gasteiger partial charge on any atom is -0.368 e. The van der Waals surface area contributed by atoms with E-state index in [-0.39, 0.29) is 12.3 Å². The molecule has 0 aliphatic carbocycles. The van der Waals surface area contributed by atoms with Gasteiger partial charge in [0.15, 0.2) is 0 Å². The molecule has 0 saturated heterocycles. The Balaban J connectivity index is 1.89. The van der Waals surface area contributed by atoms with Gasteiger partial charge in [-0.3, -0.25) is 14.6 Å². The van der Waals surface area contributed by atoms with E-state index < -0.39 is 11.9 Å². The van der Waals surface area contributed by atoms with Crippen molar-refractivity contribution in [3.05, 3.63) is 51.5 Å². The summed E-state index contributed by atoms with van der Waals surface area (Å²) in [5.41, 5.74) is 7.52. The molecule has 1 aliphatic heterocycles. The highest BCUT2D eigenvalue weighted by molar-refractivity contribution is 7.10. The van der Waals surface area contributed by atoms with Crippen molar-refractivity contribution in [1.29, 1.82) is 5.26 Å². The molecular formula is C16H13N4O2S. The lowest BCUT2D eigenvalue weighted by Gasteiger charge is -2.33. The monoisotopic (exact) mass is 325 g/mol. The van der Waals surface area contributed by atoms with Crippen LogP contribution in [-0.4, -0.2) is 28.2 Å². The maximum absolute atomic E-state index is 12.6. The van der Waals surface area contributed by atoms with Gasteiger partial charge in [-0.2, -0.15) is 5.26 Å². The van der Waals surface area contributed by atoms with Crippen molar-refractivity contribution in [2.24, 2.45) is 5.73 Å². The Labute approximate surface area is 137 Å². The van der Waals surface area contributed by atoms with Crippen molar-refractivity contribution in [2.75, 3.05) is 6.54 Å². The molecule has 3 heterocycles. The van der Waals surface area contributed by atoms with Gasteiger partial charge in [0.25, 0.3) is 0 Å². The quantitative estimate of drug-likeness (QED) is 0.908. The minimum absolute atomic E-state index is 0.160. The number of rotatable bonds is 3. The Bertz CT molecular complexity index is 794. The summed E-state index contributed by atoms with van der Waals surface area (Å²) < 4.78 is 0. The lowest BCUT2D eigenvalue weighted by molar-refractivity contribution is -0.139. The van der Waals surface area contributed by atoms with Crippen LogP contribution in [0.25, 0.3) is 0 Å². The number of carbonyl (C=O) groups is 2. The predicted molar refractivity (Wildman–Crippen MR) is 83.2 cm³/mol. The standard InChI is InChI=1S/C16H13N4O2S/c17-7-11-9-23-15-12(11)3-5-20(14(15)16(18)22)13(21)6-10-2-1-4-19-8-10/h1-2,4,8,14H,3,5-6H2,(H2,18,22). The molecule has 2 aromatic heterocycles. The molecule has 0 fully saturated rings. The Morgan fingerprint density at radius 1 is 1.57 bits per heavy atom. The third kappa shape index (κ3) is 2.81. The van der Waals surface area contributed by atoms with Crippen LogP contribution in [-0.2, 0) is 22.4 Å². The van der Waals surface area contributed by atoms with E-state index in [9.17, 15) is 9.59 Å². The van der Waals surface area contributed by atoms with Gasteiger partial charge in [0.2, 0.25) is 11.8 Å². The van der Waals surface area contributed by atoms with E-state index in [0.29, 0.717) is 23.4 Å². The first-order chi connectivity index (χ1) is 11.1. The Morgan fingerprint density at radius 3 is 3.04 bits per heavy atom. The second-order valence-corrected chi connectivity index (χ2v) is 6.06. The lowest BCUT2D eigenvalue weighted by Crippen LogP contribution is -2.45. The molecule has 3 rings (SSSR count). The van der Waals surface area contributed by atoms with E-state index >= 15 is 0 Å². The molecule has 0 saturated carbocycles. The summed E-state index contributed by atoms with van der Waals surface area (Å²) in [6.07, 6.45) is 3.95. The van der Waals surface area contributed by atoms with Crippen LogP contribution in [0.3, 0.4) is 0 Å². The van der Waals surface area contributed by atoms with Crippen LogP contribution in [0.2, 0.25) is 0 Å². The van der Waals surface area contributed by atoms with Crippen LogP contribution < -0.4 is 5.73 Å². The SMILES string of the molecule is N#Cc1[c]sc2c1CCN(C(=O)Cc1cccnc1)C2C(N)=O. The third-order valence-electron chi connectivity index (χ3n) is 3.80. The summed E-state index contributed by atoms with van der Waals surface area (Å²) in [6, 6.07) is 4.81. The third-order valence-corrected chi connectivity index (χ3v) is 4.80. The zero-order valence-electron chi connectivity index (χ0n) is 12.2. The summed E-state index contributed by atoms with van der Waals surface area (Å²) in [4.78, 5) is 30.6. The Hall–Kier alpha value is -2.72. The topological polar surface area (TPSA) is 100 Å². The number of nitriles is 1. The van der Waals surface area contributed by atoms with Crippen molar-refractivity contribution in [3.8, 4) is 6.07 Å². The van der Waals surface area contributed by atoms with E-state index in [0.717, 1.165) is 11.1 Å². The largest absolute Gasteiger partial charge is 0.368 e. The highest BCUT2D eigenvalue weighted by atomic mass is 32.1. The van der Waals surface area contributed by atoms with Gasteiger partial charge in [0.1, 0.15) is 12.1 Å². The first kappa shape index (κ1) is 15.2. The summed E-state index contributed by atoms with van der Waals surface area (Å²) in [7, 11) is 0. The van der Waals surface area contributed by atoms with Gasteiger partial charge >= 0.3 is 0 Å².